The van der Waals surface area contributed by atoms with Gasteiger partial charge >= 0.3 is 0 Å². The van der Waals surface area contributed by atoms with Gasteiger partial charge in [0.05, 0.1) is 5.69 Å². The molecule has 2 atom stereocenters. The summed E-state index contributed by atoms with van der Waals surface area (Å²) in [7, 11) is 0. The van der Waals surface area contributed by atoms with Gasteiger partial charge in [-0.05, 0) is 37.3 Å². The van der Waals surface area contributed by atoms with Crippen LogP contribution in [0.25, 0.3) is 0 Å². The van der Waals surface area contributed by atoms with Crippen molar-refractivity contribution in [1.29, 1.82) is 0 Å². The van der Waals surface area contributed by atoms with E-state index >= 15 is 0 Å². The van der Waals surface area contributed by atoms with Crippen molar-refractivity contribution in [3.05, 3.63) is 29.6 Å². The first kappa shape index (κ1) is 13.3. The van der Waals surface area contributed by atoms with E-state index in [1.807, 2.05) is 13.0 Å². The molecule has 1 aliphatic heterocycles. The van der Waals surface area contributed by atoms with Crippen LogP contribution in [0, 0.1) is 11.7 Å². The van der Waals surface area contributed by atoms with Crippen LogP contribution in [0.1, 0.15) is 31.4 Å². The summed E-state index contributed by atoms with van der Waals surface area (Å²) in [4.78, 5) is 2.06. The lowest BCUT2D eigenvalue weighted by atomic mass is 10.0. The summed E-state index contributed by atoms with van der Waals surface area (Å²) in [6.45, 7) is 3.72. The summed E-state index contributed by atoms with van der Waals surface area (Å²) >= 11 is 0. The smallest absolute Gasteiger partial charge is 0.146 e. The fourth-order valence-electron chi connectivity index (χ4n) is 2.69. The molecule has 1 aromatic carbocycles. The molecule has 3 nitrogen and oxygen atoms in total. The minimum absolute atomic E-state index is 0.174. The minimum Gasteiger partial charge on any atom is -0.396 e. The molecule has 0 bridgehead atoms. The highest BCUT2D eigenvalue weighted by molar-refractivity contribution is 5.56. The second-order valence-electron chi connectivity index (χ2n) is 5.08. The van der Waals surface area contributed by atoms with Gasteiger partial charge in [0.2, 0.25) is 0 Å². The quantitative estimate of drug-likeness (QED) is 0.862. The van der Waals surface area contributed by atoms with E-state index in [0.29, 0.717) is 11.6 Å². The van der Waals surface area contributed by atoms with Crippen LogP contribution in [0.15, 0.2) is 18.2 Å². The molecule has 1 aromatic rings. The van der Waals surface area contributed by atoms with Crippen molar-refractivity contribution in [2.45, 2.75) is 25.8 Å². The number of aliphatic hydroxyl groups is 1. The second kappa shape index (κ2) is 5.67. The van der Waals surface area contributed by atoms with E-state index in [0.717, 1.165) is 31.5 Å². The zero-order valence-electron chi connectivity index (χ0n) is 10.8. The first-order valence-corrected chi connectivity index (χ1v) is 6.53. The third kappa shape index (κ3) is 2.65. The van der Waals surface area contributed by atoms with Gasteiger partial charge in [0.15, 0.2) is 0 Å². The molecule has 100 valence electrons. The average Bonchev–Trinajstić information content (AvgIpc) is 2.77. The van der Waals surface area contributed by atoms with Crippen molar-refractivity contribution >= 4 is 5.69 Å². The van der Waals surface area contributed by atoms with Crippen LogP contribution in [0.3, 0.4) is 0 Å². The Morgan fingerprint density at radius 3 is 3.00 bits per heavy atom. The van der Waals surface area contributed by atoms with Gasteiger partial charge in [-0.1, -0.05) is 12.1 Å². The van der Waals surface area contributed by atoms with Crippen LogP contribution < -0.4 is 10.6 Å². The van der Waals surface area contributed by atoms with E-state index in [2.05, 4.69) is 4.90 Å². The molecule has 1 heterocycles. The number of nitrogens with zero attached hydrogens (tertiary/aromatic N) is 1. The molecule has 1 saturated heterocycles. The lowest BCUT2D eigenvalue weighted by molar-refractivity contribution is 0.263. The summed E-state index contributed by atoms with van der Waals surface area (Å²) in [5.74, 6) is 0.255. The van der Waals surface area contributed by atoms with Gasteiger partial charge in [0.1, 0.15) is 5.82 Å². The Morgan fingerprint density at radius 1 is 1.56 bits per heavy atom. The number of aliphatic hydroxyl groups excluding tert-OH is 1. The van der Waals surface area contributed by atoms with Crippen LogP contribution in [0.5, 0.6) is 0 Å². The monoisotopic (exact) mass is 252 g/mol. The Kier molecular flexibility index (Phi) is 4.19. The van der Waals surface area contributed by atoms with Crippen molar-refractivity contribution in [3.8, 4) is 0 Å². The molecule has 0 aliphatic carbocycles. The summed E-state index contributed by atoms with van der Waals surface area (Å²) in [5.41, 5.74) is 7.42. The van der Waals surface area contributed by atoms with Gasteiger partial charge in [-0.2, -0.15) is 0 Å². The zero-order chi connectivity index (χ0) is 13.1. The standard InChI is InChI=1S/C14H21FN2O/c1-10(16)12-3-2-4-13(15)14(12)17-7-5-11(9-17)6-8-18/h2-4,10-11,18H,5-9,16H2,1H3/t10-,11?/m1/s1. The number of halogens is 1. The fraction of sp³-hybridized carbons (Fsp3) is 0.571. The molecular weight excluding hydrogens is 231 g/mol. The molecule has 1 aliphatic rings. The highest BCUT2D eigenvalue weighted by Crippen LogP contribution is 2.33. The van der Waals surface area contributed by atoms with Crippen LogP contribution in [-0.2, 0) is 0 Å². The predicted molar refractivity (Wildman–Crippen MR) is 71.0 cm³/mol. The maximum Gasteiger partial charge on any atom is 0.146 e. The molecule has 0 radical (unpaired) electrons. The number of hydrogen-bond acceptors (Lipinski definition) is 3. The Bertz CT molecular complexity index is 409. The Morgan fingerprint density at radius 2 is 2.33 bits per heavy atom. The maximum atomic E-state index is 14.0. The van der Waals surface area contributed by atoms with Crippen LogP contribution >= 0.6 is 0 Å². The number of benzene rings is 1. The summed E-state index contributed by atoms with van der Waals surface area (Å²) in [6, 6.07) is 4.91. The molecule has 0 saturated carbocycles. The normalized spacial score (nSPS) is 21.3. The van der Waals surface area contributed by atoms with Crippen molar-refractivity contribution in [2.75, 3.05) is 24.6 Å². The number of anilines is 1. The molecule has 2 rings (SSSR count). The van der Waals surface area contributed by atoms with E-state index in [1.165, 1.54) is 6.07 Å². The molecule has 3 N–H and O–H groups in total. The van der Waals surface area contributed by atoms with Crippen molar-refractivity contribution in [2.24, 2.45) is 11.7 Å². The highest BCUT2D eigenvalue weighted by atomic mass is 19.1. The van der Waals surface area contributed by atoms with Gasteiger partial charge in [0.25, 0.3) is 0 Å². The first-order chi connectivity index (χ1) is 8.63. The molecule has 0 spiro atoms. The zero-order valence-corrected chi connectivity index (χ0v) is 10.8. The van der Waals surface area contributed by atoms with Gasteiger partial charge in [-0.15, -0.1) is 0 Å². The van der Waals surface area contributed by atoms with Crippen LogP contribution in [-0.4, -0.2) is 24.8 Å². The molecule has 18 heavy (non-hydrogen) atoms. The Balaban J connectivity index is 2.23. The van der Waals surface area contributed by atoms with Gasteiger partial charge in [0, 0.05) is 25.7 Å². The van der Waals surface area contributed by atoms with E-state index in [-0.39, 0.29) is 18.5 Å². The molecule has 1 fully saturated rings. The fourth-order valence-corrected chi connectivity index (χ4v) is 2.69. The van der Waals surface area contributed by atoms with Gasteiger partial charge in [-0.25, -0.2) is 4.39 Å². The number of para-hydroxylation sites is 1. The van der Waals surface area contributed by atoms with E-state index in [4.69, 9.17) is 10.8 Å². The molecule has 0 amide bonds. The van der Waals surface area contributed by atoms with Crippen molar-refractivity contribution < 1.29 is 9.50 Å². The number of hydrogen-bond donors (Lipinski definition) is 2. The summed E-state index contributed by atoms with van der Waals surface area (Å²) in [6.07, 6.45) is 1.80. The van der Waals surface area contributed by atoms with Gasteiger partial charge < -0.3 is 15.7 Å². The SMILES string of the molecule is C[C@@H](N)c1cccc(F)c1N1CCC(CCO)C1. The third-order valence-electron chi connectivity index (χ3n) is 3.65. The van der Waals surface area contributed by atoms with E-state index in [9.17, 15) is 4.39 Å². The third-order valence-corrected chi connectivity index (χ3v) is 3.65. The summed E-state index contributed by atoms with van der Waals surface area (Å²) in [5, 5.41) is 8.97. The van der Waals surface area contributed by atoms with Crippen molar-refractivity contribution in [3.63, 3.8) is 0 Å². The predicted octanol–water partition coefficient (Wildman–Crippen LogP) is 2.05. The molecule has 0 aromatic heterocycles. The Labute approximate surface area is 107 Å². The number of nitrogens with two attached hydrogens (primary N) is 1. The topological polar surface area (TPSA) is 49.5 Å². The molecule has 4 heteroatoms. The lowest BCUT2D eigenvalue weighted by Crippen LogP contribution is -2.24. The molecular formula is C14H21FN2O. The lowest BCUT2D eigenvalue weighted by Gasteiger charge is -2.24. The summed E-state index contributed by atoms with van der Waals surface area (Å²) < 4.78 is 14.0. The van der Waals surface area contributed by atoms with Gasteiger partial charge in [-0.3, -0.25) is 0 Å². The second-order valence-corrected chi connectivity index (χ2v) is 5.08. The average molecular weight is 252 g/mol. The minimum atomic E-state index is -0.200. The molecule has 1 unspecified atom stereocenters. The van der Waals surface area contributed by atoms with Crippen LogP contribution in [0.4, 0.5) is 10.1 Å². The Hall–Kier alpha value is -1.13. The van der Waals surface area contributed by atoms with E-state index in [1.54, 1.807) is 6.07 Å². The maximum absolute atomic E-state index is 14.0. The van der Waals surface area contributed by atoms with Crippen LogP contribution in [0.2, 0.25) is 0 Å². The largest absolute Gasteiger partial charge is 0.396 e. The van der Waals surface area contributed by atoms with E-state index < -0.39 is 0 Å². The van der Waals surface area contributed by atoms with Crippen molar-refractivity contribution in [1.82, 2.24) is 0 Å². The number of rotatable bonds is 4. The highest BCUT2D eigenvalue weighted by Gasteiger charge is 2.26. The first-order valence-electron chi connectivity index (χ1n) is 6.53.